The molecule has 0 aliphatic heterocycles. The van der Waals surface area contributed by atoms with Gasteiger partial charge in [-0.1, -0.05) is 73.9 Å². The molecule has 17 heavy (non-hydrogen) atoms. The third kappa shape index (κ3) is 5.58. The van der Waals surface area contributed by atoms with Crippen molar-refractivity contribution in [2.75, 3.05) is 0 Å². The maximum atomic E-state index is 5.31. The highest BCUT2D eigenvalue weighted by Crippen LogP contribution is 2.07. The second-order valence-electron chi connectivity index (χ2n) is 3.75. The van der Waals surface area contributed by atoms with Gasteiger partial charge in [0.1, 0.15) is 0 Å². The Hall–Kier alpha value is -2.00. The standard InChI is InChI=1S/C17H18/c1-3-5-7-11-16(10-4-2)14-15-17-12-8-6-9-13-17/h2,6-15H,3,5H2,1H3/b11-7-,15-14+,16-10+. The molecule has 0 unspecified atom stereocenters. The van der Waals surface area contributed by atoms with E-state index in [1.54, 1.807) is 6.08 Å². The van der Waals surface area contributed by atoms with Crippen molar-refractivity contribution in [1.29, 1.82) is 0 Å². The molecule has 0 atom stereocenters. The number of hydrogen-bond donors (Lipinski definition) is 0. The van der Waals surface area contributed by atoms with Gasteiger partial charge in [-0.2, -0.15) is 0 Å². The van der Waals surface area contributed by atoms with E-state index in [2.05, 4.69) is 43.2 Å². The van der Waals surface area contributed by atoms with Gasteiger partial charge in [0.05, 0.1) is 0 Å². The van der Waals surface area contributed by atoms with E-state index in [1.165, 1.54) is 5.56 Å². The van der Waals surface area contributed by atoms with Gasteiger partial charge in [-0.3, -0.25) is 0 Å². The molecule has 0 bridgehead atoms. The monoisotopic (exact) mass is 222 g/mol. The third-order valence-electron chi connectivity index (χ3n) is 2.28. The highest BCUT2D eigenvalue weighted by atomic mass is 13.9. The average Bonchev–Trinajstić information content (AvgIpc) is 2.37. The van der Waals surface area contributed by atoms with Crippen LogP contribution in [0.3, 0.4) is 0 Å². The fourth-order valence-corrected chi connectivity index (χ4v) is 1.39. The molecule has 0 nitrogen and oxygen atoms in total. The highest BCUT2D eigenvalue weighted by molar-refractivity contribution is 5.55. The molecule has 0 amide bonds. The quantitative estimate of drug-likeness (QED) is 0.504. The summed E-state index contributed by atoms with van der Waals surface area (Å²) in [6.07, 6.45) is 17.7. The zero-order valence-corrected chi connectivity index (χ0v) is 10.3. The normalized spacial score (nSPS) is 12.1. The van der Waals surface area contributed by atoms with Crippen LogP contribution in [0.1, 0.15) is 25.3 Å². The predicted molar refractivity (Wildman–Crippen MR) is 76.4 cm³/mol. The first-order valence-corrected chi connectivity index (χ1v) is 5.92. The smallest absolute Gasteiger partial charge is 0.00491 e. The lowest BCUT2D eigenvalue weighted by Gasteiger charge is -1.94. The van der Waals surface area contributed by atoms with E-state index in [0.717, 1.165) is 18.4 Å². The topological polar surface area (TPSA) is 0 Å². The Balaban J connectivity index is 2.72. The van der Waals surface area contributed by atoms with Crippen molar-refractivity contribution in [1.82, 2.24) is 0 Å². The summed E-state index contributed by atoms with van der Waals surface area (Å²) in [5.74, 6) is 2.57. The summed E-state index contributed by atoms with van der Waals surface area (Å²) >= 11 is 0. The van der Waals surface area contributed by atoms with Crippen LogP contribution in [0.4, 0.5) is 0 Å². The minimum Gasteiger partial charge on any atom is -0.115 e. The highest BCUT2D eigenvalue weighted by Gasteiger charge is 1.86. The molecule has 0 fully saturated rings. The number of unbranched alkanes of at least 4 members (excludes halogenated alkanes) is 1. The van der Waals surface area contributed by atoms with Gasteiger partial charge in [0, 0.05) is 0 Å². The van der Waals surface area contributed by atoms with Crippen molar-refractivity contribution in [3.05, 3.63) is 65.8 Å². The van der Waals surface area contributed by atoms with Crippen LogP contribution in [0, 0.1) is 12.3 Å². The molecule has 0 spiro atoms. The van der Waals surface area contributed by atoms with Gasteiger partial charge in [0.2, 0.25) is 0 Å². The average molecular weight is 222 g/mol. The first kappa shape index (κ1) is 13.1. The maximum absolute atomic E-state index is 5.31. The van der Waals surface area contributed by atoms with Crippen LogP contribution in [-0.4, -0.2) is 0 Å². The Kier molecular flexibility index (Phi) is 6.29. The SMILES string of the molecule is C#C/C=C(\C=C/CCC)/C=C/c1ccccc1. The molecule has 0 aliphatic rings. The first-order chi connectivity index (χ1) is 8.36. The summed E-state index contributed by atoms with van der Waals surface area (Å²) in [5, 5.41) is 0. The van der Waals surface area contributed by atoms with E-state index in [-0.39, 0.29) is 0 Å². The largest absolute Gasteiger partial charge is 0.115 e. The van der Waals surface area contributed by atoms with Crippen LogP contribution >= 0.6 is 0 Å². The zero-order valence-electron chi connectivity index (χ0n) is 10.3. The number of allylic oxidation sites excluding steroid dienone is 5. The number of hydrogen-bond acceptors (Lipinski definition) is 0. The lowest BCUT2D eigenvalue weighted by atomic mass is 10.1. The molecule has 0 saturated heterocycles. The Morgan fingerprint density at radius 3 is 2.65 bits per heavy atom. The van der Waals surface area contributed by atoms with Gasteiger partial charge < -0.3 is 0 Å². The molecule has 0 radical (unpaired) electrons. The van der Waals surface area contributed by atoms with Gasteiger partial charge in [-0.05, 0) is 23.6 Å². The van der Waals surface area contributed by atoms with Gasteiger partial charge in [-0.15, -0.1) is 6.42 Å². The summed E-state index contributed by atoms with van der Waals surface area (Å²) in [6.45, 7) is 2.16. The van der Waals surface area contributed by atoms with Crippen LogP contribution in [-0.2, 0) is 0 Å². The molecule has 1 aromatic carbocycles. The van der Waals surface area contributed by atoms with Crippen molar-refractivity contribution in [3.8, 4) is 12.3 Å². The molecule has 86 valence electrons. The summed E-state index contributed by atoms with van der Waals surface area (Å²) < 4.78 is 0. The van der Waals surface area contributed by atoms with Crippen molar-refractivity contribution in [3.63, 3.8) is 0 Å². The second kappa shape index (κ2) is 8.19. The van der Waals surface area contributed by atoms with Crippen LogP contribution in [0.25, 0.3) is 6.08 Å². The van der Waals surface area contributed by atoms with E-state index in [1.807, 2.05) is 24.3 Å². The summed E-state index contributed by atoms with van der Waals surface area (Å²) in [6, 6.07) is 10.2. The fourth-order valence-electron chi connectivity index (χ4n) is 1.39. The van der Waals surface area contributed by atoms with Gasteiger partial charge in [-0.25, -0.2) is 0 Å². The predicted octanol–water partition coefficient (Wildman–Crippen LogP) is 4.62. The van der Waals surface area contributed by atoms with Crippen molar-refractivity contribution in [2.24, 2.45) is 0 Å². The fraction of sp³-hybridized carbons (Fsp3) is 0.176. The lowest BCUT2D eigenvalue weighted by molar-refractivity contribution is 0.958. The van der Waals surface area contributed by atoms with E-state index >= 15 is 0 Å². The summed E-state index contributed by atoms with van der Waals surface area (Å²) in [4.78, 5) is 0. The van der Waals surface area contributed by atoms with Crippen LogP contribution < -0.4 is 0 Å². The Morgan fingerprint density at radius 1 is 1.24 bits per heavy atom. The molecule has 1 aromatic rings. The molecule has 0 heterocycles. The number of terminal acetylenes is 1. The summed E-state index contributed by atoms with van der Waals surface area (Å²) in [7, 11) is 0. The van der Waals surface area contributed by atoms with Crippen LogP contribution in [0.2, 0.25) is 0 Å². The minimum absolute atomic E-state index is 1.06. The van der Waals surface area contributed by atoms with Gasteiger partial charge >= 0.3 is 0 Å². The maximum Gasteiger partial charge on any atom is -0.00491 e. The third-order valence-corrected chi connectivity index (χ3v) is 2.28. The molecule has 0 saturated carbocycles. The lowest BCUT2D eigenvalue weighted by Crippen LogP contribution is -1.73. The number of benzene rings is 1. The Labute approximate surface area is 104 Å². The molecule has 0 N–H and O–H groups in total. The van der Waals surface area contributed by atoms with Crippen molar-refractivity contribution in [2.45, 2.75) is 19.8 Å². The van der Waals surface area contributed by atoms with Crippen LogP contribution in [0.5, 0.6) is 0 Å². The molecular formula is C17H18. The second-order valence-corrected chi connectivity index (χ2v) is 3.75. The zero-order chi connectivity index (χ0) is 12.3. The van der Waals surface area contributed by atoms with Crippen molar-refractivity contribution >= 4 is 6.08 Å². The summed E-state index contributed by atoms with van der Waals surface area (Å²) in [5.41, 5.74) is 2.24. The molecule has 0 heteroatoms. The minimum atomic E-state index is 1.06. The van der Waals surface area contributed by atoms with E-state index in [4.69, 9.17) is 6.42 Å². The van der Waals surface area contributed by atoms with Crippen molar-refractivity contribution < 1.29 is 0 Å². The molecular weight excluding hydrogens is 204 g/mol. The van der Waals surface area contributed by atoms with E-state index in [9.17, 15) is 0 Å². The Bertz CT molecular complexity index is 439. The van der Waals surface area contributed by atoms with E-state index in [0.29, 0.717) is 0 Å². The van der Waals surface area contributed by atoms with Crippen LogP contribution in [0.15, 0.2) is 60.2 Å². The molecule has 0 aromatic heterocycles. The first-order valence-electron chi connectivity index (χ1n) is 5.92. The van der Waals surface area contributed by atoms with Gasteiger partial charge in [0.25, 0.3) is 0 Å². The molecule has 0 aliphatic carbocycles. The molecule has 1 rings (SSSR count). The number of rotatable bonds is 5. The Morgan fingerprint density at radius 2 is 2.00 bits per heavy atom. The van der Waals surface area contributed by atoms with E-state index < -0.39 is 0 Å². The van der Waals surface area contributed by atoms with Gasteiger partial charge in [0.15, 0.2) is 0 Å².